The number of piperidine rings is 1. The highest BCUT2D eigenvalue weighted by Crippen LogP contribution is 2.36. The summed E-state index contributed by atoms with van der Waals surface area (Å²) in [6, 6.07) is 14.0. The van der Waals surface area contributed by atoms with E-state index in [0.717, 1.165) is 35.4 Å². The van der Waals surface area contributed by atoms with Crippen LogP contribution in [0.15, 0.2) is 42.5 Å². The molecule has 3 atom stereocenters. The van der Waals surface area contributed by atoms with Crippen LogP contribution >= 0.6 is 22.9 Å². The number of benzene rings is 2. The van der Waals surface area contributed by atoms with Crippen molar-refractivity contribution in [2.75, 3.05) is 13.2 Å². The third kappa shape index (κ3) is 4.77. The lowest BCUT2D eigenvalue weighted by Crippen LogP contribution is -2.52. The average Bonchev–Trinajstić information content (AvgIpc) is 3.25. The number of nitrogens with zero attached hydrogens (tertiary/aromatic N) is 2. The Hall–Kier alpha value is -2.55. The Morgan fingerprint density at radius 2 is 1.88 bits per heavy atom. The van der Waals surface area contributed by atoms with Crippen molar-refractivity contribution >= 4 is 39.2 Å². The molecule has 2 aromatic carbocycles. The summed E-state index contributed by atoms with van der Waals surface area (Å²) >= 11 is 7.51. The lowest BCUT2D eigenvalue weighted by atomic mass is 9.97. The molecule has 2 fully saturated rings. The van der Waals surface area contributed by atoms with Gasteiger partial charge in [-0.15, -0.1) is 0 Å². The van der Waals surface area contributed by atoms with Crippen LogP contribution in [-0.4, -0.2) is 47.2 Å². The molecule has 0 saturated carbocycles. The highest BCUT2D eigenvalue weighted by Gasteiger charge is 2.40. The van der Waals surface area contributed by atoms with E-state index in [4.69, 9.17) is 26.8 Å². The summed E-state index contributed by atoms with van der Waals surface area (Å²) in [6.07, 6.45) is 4.27. The molecule has 3 aromatic rings. The van der Waals surface area contributed by atoms with Crippen molar-refractivity contribution < 1.29 is 14.3 Å². The third-order valence-corrected chi connectivity index (χ3v) is 7.34. The van der Waals surface area contributed by atoms with Gasteiger partial charge >= 0.3 is 6.03 Å². The normalized spacial score (nSPS) is 22.7. The zero-order valence-corrected chi connectivity index (χ0v) is 19.1. The van der Waals surface area contributed by atoms with Gasteiger partial charge in [0.1, 0.15) is 18.1 Å². The van der Waals surface area contributed by atoms with Gasteiger partial charge in [0.25, 0.3) is 5.19 Å². The van der Waals surface area contributed by atoms with Crippen molar-refractivity contribution in [2.45, 2.75) is 43.8 Å². The van der Waals surface area contributed by atoms with E-state index in [1.807, 2.05) is 42.5 Å². The molecule has 2 aliphatic rings. The Morgan fingerprint density at radius 3 is 2.59 bits per heavy atom. The molecule has 1 aromatic heterocycles. The Kier molecular flexibility index (Phi) is 6.08. The van der Waals surface area contributed by atoms with Gasteiger partial charge < -0.3 is 20.5 Å². The monoisotopic (exact) mass is 472 g/mol. The largest absolute Gasteiger partial charge is 0.492 e. The van der Waals surface area contributed by atoms with E-state index < -0.39 is 6.03 Å². The average molecular weight is 473 g/mol. The first-order chi connectivity index (χ1) is 15.5. The van der Waals surface area contributed by atoms with Crippen LogP contribution in [0.5, 0.6) is 16.7 Å². The number of nitrogens with one attached hydrogen (secondary N) is 1. The van der Waals surface area contributed by atoms with Gasteiger partial charge in [-0.3, -0.25) is 4.90 Å². The minimum atomic E-state index is -0.425. The molecule has 1 unspecified atom stereocenters. The number of carbonyl (C=O) groups excluding carboxylic acids is 1. The van der Waals surface area contributed by atoms with Crippen LogP contribution < -0.4 is 20.5 Å². The highest BCUT2D eigenvalue weighted by molar-refractivity contribution is 7.20. The van der Waals surface area contributed by atoms with Crippen molar-refractivity contribution in [1.29, 1.82) is 0 Å². The number of primary amides is 1. The van der Waals surface area contributed by atoms with E-state index in [0.29, 0.717) is 34.7 Å². The lowest BCUT2D eigenvalue weighted by molar-refractivity contribution is 0.1000. The maximum absolute atomic E-state index is 11.2. The topological polar surface area (TPSA) is 89.7 Å². The van der Waals surface area contributed by atoms with Crippen molar-refractivity contribution in [1.82, 2.24) is 15.2 Å². The van der Waals surface area contributed by atoms with Gasteiger partial charge in [-0.2, -0.15) is 0 Å². The molecule has 9 heteroatoms. The van der Waals surface area contributed by atoms with E-state index in [-0.39, 0.29) is 6.04 Å². The van der Waals surface area contributed by atoms with Crippen molar-refractivity contribution in [3.8, 4) is 16.7 Å². The van der Waals surface area contributed by atoms with Crippen LogP contribution in [0.1, 0.15) is 25.7 Å². The summed E-state index contributed by atoms with van der Waals surface area (Å²) < 4.78 is 12.9. The SMILES string of the molecule is NC(=O)NC1C[C@H]2CC[C@@H](C1)N2CCOc1ccc(Oc2nc3ccc(Cl)cc3s2)cc1. The number of thiazole rings is 1. The summed E-state index contributed by atoms with van der Waals surface area (Å²) in [4.78, 5) is 18.2. The second-order valence-electron chi connectivity index (χ2n) is 8.31. The van der Waals surface area contributed by atoms with E-state index in [2.05, 4.69) is 15.2 Å². The second-order valence-corrected chi connectivity index (χ2v) is 9.74. The van der Waals surface area contributed by atoms with Gasteiger partial charge in [-0.25, -0.2) is 9.78 Å². The van der Waals surface area contributed by atoms with Gasteiger partial charge in [0.2, 0.25) is 0 Å². The number of carbonyl (C=O) groups is 1. The molecule has 3 N–H and O–H groups in total. The number of hydrogen-bond acceptors (Lipinski definition) is 6. The standard InChI is InChI=1S/C23H25ClN4O3S/c24-14-1-8-20-21(11-14)32-23(27-20)31-19-6-4-18(5-7-19)30-10-9-28-16-2-3-17(28)13-15(12-16)26-22(25)29/h1,4-8,11,15-17H,2-3,9-10,12-13H2,(H3,25,26,29)/t15?,16-,17+. The Bertz CT molecular complexity index is 1090. The first-order valence-corrected chi connectivity index (χ1v) is 12.0. The Morgan fingerprint density at radius 1 is 1.16 bits per heavy atom. The van der Waals surface area contributed by atoms with Gasteiger partial charge in [-0.1, -0.05) is 22.9 Å². The summed E-state index contributed by atoms with van der Waals surface area (Å²) in [5, 5.41) is 4.15. The summed E-state index contributed by atoms with van der Waals surface area (Å²) in [5.74, 6) is 1.52. The van der Waals surface area contributed by atoms with E-state index in [1.54, 1.807) is 0 Å². The number of rotatable bonds is 7. The molecule has 2 amide bonds. The molecule has 3 heterocycles. The summed E-state index contributed by atoms with van der Waals surface area (Å²) in [6.45, 7) is 1.50. The van der Waals surface area contributed by atoms with Crippen LogP contribution in [0.4, 0.5) is 4.79 Å². The van der Waals surface area contributed by atoms with Gasteiger partial charge in [0.15, 0.2) is 0 Å². The molecule has 168 valence electrons. The number of fused-ring (bicyclic) bond motifs is 3. The molecule has 0 aliphatic carbocycles. The lowest BCUT2D eigenvalue weighted by Gasteiger charge is -2.38. The van der Waals surface area contributed by atoms with E-state index in [1.165, 1.54) is 24.2 Å². The van der Waals surface area contributed by atoms with E-state index in [9.17, 15) is 4.79 Å². The fourth-order valence-corrected chi connectivity index (χ4v) is 5.96. The van der Waals surface area contributed by atoms with Gasteiger partial charge in [0.05, 0.1) is 10.2 Å². The van der Waals surface area contributed by atoms with Crippen LogP contribution in [0.25, 0.3) is 10.2 Å². The van der Waals surface area contributed by atoms with Gasteiger partial charge in [0, 0.05) is 29.7 Å². The molecule has 2 saturated heterocycles. The van der Waals surface area contributed by atoms with E-state index >= 15 is 0 Å². The highest BCUT2D eigenvalue weighted by atomic mass is 35.5. The summed E-state index contributed by atoms with van der Waals surface area (Å²) in [7, 11) is 0. The molecular weight excluding hydrogens is 448 g/mol. The number of amides is 2. The molecule has 0 spiro atoms. The number of hydrogen-bond donors (Lipinski definition) is 2. The zero-order valence-electron chi connectivity index (χ0n) is 17.5. The maximum Gasteiger partial charge on any atom is 0.312 e. The Balaban J connectivity index is 1.12. The zero-order chi connectivity index (χ0) is 22.1. The molecule has 7 nitrogen and oxygen atoms in total. The molecule has 2 aliphatic heterocycles. The van der Waals surface area contributed by atoms with Crippen LogP contribution in [0.2, 0.25) is 5.02 Å². The smallest absolute Gasteiger partial charge is 0.312 e. The number of aromatic nitrogens is 1. The van der Waals surface area contributed by atoms with Crippen molar-refractivity contribution in [2.24, 2.45) is 5.73 Å². The number of halogens is 1. The van der Waals surface area contributed by atoms with Crippen LogP contribution in [0.3, 0.4) is 0 Å². The molecular formula is C23H25ClN4O3S. The first kappa shape index (κ1) is 21.3. The number of nitrogens with two attached hydrogens (primary N) is 1. The minimum Gasteiger partial charge on any atom is -0.492 e. The van der Waals surface area contributed by atoms with Gasteiger partial charge in [-0.05, 0) is 68.1 Å². The molecule has 5 rings (SSSR count). The van der Waals surface area contributed by atoms with Crippen molar-refractivity contribution in [3.63, 3.8) is 0 Å². The predicted molar refractivity (Wildman–Crippen MR) is 126 cm³/mol. The quantitative estimate of drug-likeness (QED) is 0.516. The molecule has 2 bridgehead atoms. The van der Waals surface area contributed by atoms with Crippen LogP contribution in [0, 0.1) is 0 Å². The first-order valence-electron chi connectivity index (χ1n) is 10.8. The number of ether oxygens (including phenoxy) is 2. The predicted octanol–water partition coefficient (Wildman–Crippen LogP) is 4.78. The third-order valence-electron chi connectivity index (χ3n) is 6.21. The maximum atomic E-state index is 11.2. The fraction of sp³-hybridized carbons (Fsp3) is 0.391. The fourth-order valence-electron chi connectivity index (χ4n) is 4.85. The molecule has 32 heavy (non-hydrogen) atoms. The van der Waals surface area contributed by atoms with Crippen LogP contribution in [-0.2, 0) is 0 Å². The Labute approximate surface area is 195 Å². The van der Waals surface area contributed by atoms with Crippen molar-refractivity contribution in [3.05, 3.63) is 47.5 Å². The minimum absolute atomic E-state index is 0.196. The molecule has 0 radical (unpaired) electrons. The summed E-state index contributed by atoms with van der Waals surface area (Å²) in [5.41, 5.74) is 6.16. The number of urea groups is 1. The second kappa shape index (κ2) is 9.13.